The molecule has 0 aromatic carbocycles. The van der Waals surface area contributed by atoms with Crippen molar-refractivity contribution in [1.82, 2.24) is 9.97 Å². The first-order valence-electron chi connectivity index (χ1n) is 4.69. The first kappa shape index (κ1) is 9.86. The van der Waals surface area contributed by atoms with E-state index in [1.807, 2.05) is 0 Å². The summed E-state index contributed by atoms with van der Waals surface area (Å²) in [6.45, 7) is 0.656. The van der Waals surface area contributed by atoms with E-state index in [2.05, 4.69) is 31.2 Å². The number of nitrogens with two attached hydrogens (primary N) is 1. The molecule has 0 saturated heterocycles. The molecule has 1 aliphatic carbocycles. The molecule has 14 heavy (non-hydrogen) atoms. The van der Waals surface area contributed by atoms with Crippen molar-refractivity contribution < 1.29 is 0 Å². The Bertz CT molecular complexity index is 319. The fourth-order valence-electron chi connectivity index (χ4n) is 1.64. The van der Waals surface area contributed by atoms with Crippen LogP contribution in [0, 0.1) is 0 Å². The van der Waals surface area contributed by atoms with Crippen molar-refractivity contribution in [1.29, 1.82) is 0 Å². The molecular weight excluding hydrogens is 244 g/mol. The van der Waals surface area contributed by atoms with Gasteiger partial charge in [0.2, 0.25) is 0 Å². The van der Waals surface area contributed by atoms with Gasteiger partial charge in [0, 0.05) is 12.7 Å². The summed E-state index contributed by atoms with van der Waals surface area (Å²) in [5.74, 6) is 0.838. The third-order valence-corrected chi connectivity index (χ3v) is 3.33. The van der Waals surface area contributed by atoms with Crippen LogP contribution in [-0.4, -0.2) is 22.1 Å². The van der Waals surface area contributed by atoms with E-state index < -0.39 is 0 Å². The van der Waals surface area contributed by atoms with Gasteiger partial charge in [-0.15, -0.1) is 0 Å². The molecule has 5 heteroatoms. The Hall–Kier alpha value is -0.680. The van der Waals surface area contributed by atoms with Crippen molar-refractivity contribution >= 4 is 21.7 Å². The van der Waals surface area contributed by atoms with Gasteiger partial charge in [-0.05, 0) is 35.2 Å². The molecule has 0 bridgehead atoms. The van der Waals surface area contributed by atoms with Crippen molar-refractivity contribution in [2.45, 2.75) is 24.8 Å². The van der Waals surface area contributed by atoms with E-state index in [4.69, 9.17) is 5.73 Å². The van der Waals surface area contributed by atoms with E-state index in [1.54, 1.807) is 6.20 Å². The normalized spacial score (nSPS) is 18.7. The maximum absolute atomic E-state index is 5.75. The van der Waals surface area contributed by atoms with Gasteiger partial charge >= 0.3 is 0 Å². The average molecular weight is 257 g/mol. The Morgan fingerprint density at radius 1 is 1.57 bits per heavy atom. The van der Waals surface area contributed by atoms with Gasteiger partial charge in [-0.25, -0.2) is 9.97 Å². The lowest BCUT2D eigenvalue weighted by molar-refractivity contribution is 0.286. The minimum atomic E-state index is 0.0663. The monoisotopic (exact) mass is 256 g/mol. The number of anilines is 1. The molecule has 0 spiro atoms. The summed E-state index contributed by atoms with van der Waals surface area (Å²) in [6.07, 6.45) is 6.76. The van der Waals surface area contributed by atoms with Crippen LogP contribution >= 0.6 is 15.9 Å². The SMILES string of the molecule is NCC1(Nc2ncncc2Br)CCC1. The van der Waals surface area contributed by atoms with Gasteiger partial charge in [-0.1, -0.05) is 0 Å². The van der Waals surface area contributed by atoms with Crippen molar-refractivity contribution in [2.75, 3.05) is 11.9 Å². The molecule has 1 fully saturated rings. The average Bonchev–Trinajstić information content (AvgIpc) is 2.14. The smallest absolute Gasteiger partial charge is 0.144 e. The highest BCUT2D eigenvalue weighted by Crippen LogP contribution is 2.35. The molecule has 2 rings (SSSR count). The molecule has 1 aliphatic rings. The van der Waals surface area contributed by atoms with Crippen LogP contribution in [0.4, 0.5) is 5.82 Å². The molecular formula is C9H13BrN4. The van der Waals surface area contributed by atoms with E-state index in [9.17, 15) is 0 Å². The van der Waals surface area contributed by atoms with Gasteiger partial charge in [-0.2, -0.15) is 0 Å². The van der Waals surface area contributed by atoms with Gasteiger partial charge in [0.15, 0.2) is 0 Å². The Morgan fingerprint density at radius 2 is 2.36 bits per heavy atom. The molecule has 76 valence electrons. The third kappa shape index (κ3) is 1.74. The molecule has 0 radical (unpaired) electrons. The van der Waals surface area contributed by atoms with Gasteiger partial charge in [0.1, 0.15) is 12.1 Å². The molecule has 0 unspecified atom stereocenters. The van der Waals surface area contributed by atoms with Crippen LogP contribution in [0.3, 0.4) is 0 Å². The minimum absolute atomic E-state index is 0.0663. The van der Waals surface area contributed by atoms with E-state index in [1.165, 1.54) is 12.7 Å². The summed E-state index contributed by atoms with van der Waals surface area (Å²) in [7, 11) is 0. The summed E-state index contributed by atoms with van der Waals surface area (Å²) in [5, 5.41) is 3.39. The van der Waals surface area contributed by atoms with Crippen molar-refractivity contribution in [3.63, 3.8) is 0 Å². The molecule has 3 N–H and O–H groups in total. The number of halogens is 1. The summed E-state index contributed by atoms with van der Waals surface area (Å²) in [5.41, 5.74) is 5.81. The van der Waals surface area contributed by atoms with Crippen molar-refractivity contribution in [2.24, 2.45) is 5.73 Å². The number of rotatable bonds is 3. The largest absolute Gasteiger partial charge is 0.362 e. The first-order valence-corrected chi connectivity index (χ1v) is 5.49. The van der Waals surface area contributed by atoms with Crippen LogP contribution in [0.25, 0.3) is 0 Å². The highest BCUT2D eigenvalue weighted by atomic mass is 79.9. The standard InChI is InChI=1S/C9H13BrN4/c10-7-4-12-6-13-8(7)14-9(5-11)2-1-3-9/h4,6H,1-3,5,11H2,(H,12,13,14). The molecule has 0 atom stereocenters. The lowest BCUT2D eigenvalue weighted by Gasteiger charge is -2.42. The Balaban J connectivity index is 2.13. The minimum Gasteiger partial charge on any atom is -0.362 e. The van der Waals surface area contributed by atoms with Crippen LogP contribution in [0.5, 0.6) is 0 Å². The van der Waals surface area contributed by atoms with Crippen LogP contribution in [-0.2, 0) is 0 Å². The van der Waals surface area contributed by atoms with E-state index in [0.29, 0.717) is 6.54 Å². The molecule has 1 aromatic rings. The summed E-state index contributed by atoms with van der Waals surface area (Å²) >= 11 is 3.40. The van der Waals surface area contributed by atoms with Crippen molar-refractivity contribution in [3.05, 3.63) is 17.0 Å². The summed E-state index contributed by atoms with van der Waals surface area (Å²) in [4.78, 5) is 8.08. The number of hydrogen-bond donors (Lipinski definition) is 2. The van der Waals surface area contributed by atoms with E-state index >= 15 is 0 Å². The van der Waals surface area contributed by atoms with Crippen LogP contribution < -0.4 is 11.1 Å². The highest BCUT2D eigenvalue weighted by molar-refractivity contribution is 9.10. The fraction of sp³-hybridized carbons (Fsp3) is 0.556. The van der Waals surface area contributed by atoms with Crippen LogP contribution in [0.1, 0.15) is 19.3 Å². The lowest BCUT2D eigenvalue weighted by atomic mass is 9.77. The molecule has 1 aromatic heterocycles. The molecule has 0 amide bonds. The summed E-state index contributed by atoms with van der Waals surface area (Å²) in [6, 6.07) is 0. The molecule has 0 aliphatic heterocycles. The first-order chi connectivity index (χ1) is 6.76. The van der Waals surface area contributed by atoms with Crippen molar-refractivity contribution in [3.8, 4) is 0 Å². The molecule has 4 nitrogen and oxygen atoms in total. The van der Waals surface area contributed by atoms with Gasteiger partial charge in [0.25, 0.3) is 0 Å². The van der Waals surface area contributed by atoms with Crippen LogP contribution in [0.15, 0.2) is 17.0 Å². The number of hydrogen-bond acceptors (Lipinski definition) is 4. The fourth-order valence-corrected chi connectivity index (χ4v) is 1.96. The molecule has 1 saturated carbocycles. The van der Waals surface area contributed by atoms with Gasteiger partial charge in [-0.3, -0.25) is 0 Å². The Kier molecular flexibility index (Phi) is 2.69. The number of nitrogens with one attached hydrogen (secondary N) is 1. The zero-order chi connectivity index (χ0) is 10.0. The van der Waals surface area contributed by atoms with Gasteiger partial charge < -0.3 is 11.1 Å². The summed E-state index contributed by atoms with van der Waals surface area (Å²) < 4.78 is 0.889. The second kappa shape index (κ2) is 3.82. The maximum atomic E-state index is 5.75. The zero-order valence-corrected chi connectivity index (χ0v) is 9.42. The predicted octanol–water partition coefficient (Wildman–Crippen LogP) is 1.53. The second-order valence-corrected chi connectivity index (χ2v) is 4.54. The number of aromatic nitrogens is 2. The predicted molar refractivity (Wildman–Crippen MR) is 59.0 cm³/mol. The molecule has 1 heterocycles. The zero-order valence-electron chi connectivity index (χ0n) is 7.83. The maximum Gasteiger partial charge on any atom is 0.144 e. The third-order valence-electron chi connectivity index (χ3n) is 2.75. The van der Waals surface area contributed by atoms with E-state index in [0.717, 1.165) is 23.1 Å². The quantitative estimate of drug-likeness (QED) is 0.861. The topological polar surface area (TPSA) is 63.8 Å². The lowest BCUT2D eigenvalue weighted by Crippen LogP contribution is -2.51. The highest BCUT2D eigenvalue weighted by Gasteiger charge is 2.36. The number of nitrogens with zero attached hydrogens (tertiary/aromatic N) is 2. The van der Waals surface area contributed by atoms with Gasteiger partial charge in [0.05, 0.1) is 10.0 Å². The Morgan fingerprint density at radius 3 is 2.86 bits per heavy atom. The second-order valence-electron chi connectivity index (χ2n) is 3.68. The Labute approximate surface area is 91.4 Å². The van der Waals surface area contributed by atoms with E-state index in [-0.39, 0.29) is 5.54 Å². The van der Waals surface area contributed by atoms with Crippen LogP contribution in [0.2, 0.25) is 0 Å².